The highest BCUT2D eigenvalue weighted by molar-refractivity contribution is 14.0. The lowest BCUT2D eigenvalue weighted by molar-refractivity contribution is 0.145. The van der Waals surface area contributed by atoms with Crippen molar-refractivity contribution >= 4 is 29.9 Å². The summed E-state index contributed by atoms with van der Waals surface area (Å²) in [5, 5.41) is 11.2. The normalized spacial score (nSPS) is 11.1. The van der Waals surface area contributed by atoms with Gasteiger partial charge >= 0.3 is 0 Å². The average molecular weight is 501 g/mol. The van der Waals surface area contributed by atoms with Crippen LogP contribution in [0.2, 0.25) is 0 Å². The van der Waals surface area contributed by atoms with Crippen molar-refractivity contribution in [1.29, 1.82) is 0 Å². The molecular formula is C20H32IN5O2. The molecular weight excluding hydrogens is 469 g/mol. The van der Waals surface area contributed by atoms with E-state index in [-0.39, 0.29) is 24.0 Å². The van der Waals surface area contributed by atoms with Gasteiger partial charge in [-0.1, -0.05) is 12.1 Å². The lowest BCUT2D eigenvalue weighted by atomic mass is 10.1. The number of hydrogen-bond donors (Lipinski definition) is 2. The Morgan fingerprint density at radius 2 is 1.86 bits per heavy atom. The van der Waals surface area contributed by atoms with Crippen LogP contribution in [-0.4, -0.2) is 43.1 Å². The molecule has 0 bridgehead atoms. The first-order valence-corrected chi connectivity index (χ1v) is 9.11. The molecule has 7 nitrogen and oxygen atoms in total. The lowest BCUT2D eigenvalue weighted by Crippen LogP contribution is -2.36. The zero-order valence-electron chi connectivity index (χ0n) is 17.6. The Morgan fingerprint density at radius 3 is 2.46 bits per heavy atom. The van der Waals surface area contributed by atoms with E-state index in [0.29, 0.717) is 26.3 Å². The number of rotatable bonds is 8. The molecule has 0 radical (unpaired) electrons. The van der Waals surface area contributed by atoms with Gasteiger partial charge in [0.25, 0.3) is 0 Å². The highest BCUT2D eigenvalue weighted by atomic mass is 127. The number of aryl methyl sites for hydroxylation is 3. The fraction of sp³-hybridized carbons (Fsp3) is 0.500. The average Bonchev–Trinajstić information content (AvgIpc) is 2.89. The maximum absolute atomic E-state index is 5.85. The van der Waals surface area contributed by atoms with Crippen molar-refractivity contribution in [2.45, 2.75) is 33.9 Å². The molecule has 0 atom stereocenters. The van der Waals surface area contributed by atoms with Crippen molar-refractivity contribution in [3.05, 3.63) is 46.3 Å². The maximum Gasteiger partial charge on any atom is 0.191 e. The number of halogens is 1. The van der Waals surface area contributed by atoms with Crippen molar-refractivity contribution in [1.82, 2.24) is 20.4 Å². The SMILES string of the molecule is CN=C(NCc1ccc(C)cc1OCCOC)NCc1c(C)nn(C)c1C.I. The molecule has 0 saturated carbocycles. The third kappa shape index (κ3) is 6.66. The van der Waals surface area contributed by atoms with Crippen LogP contribution in [0, 0.1) is 20.8 Å². The Kier molecular flexibility index (Phi) is 10.3. The molecule has 2 aromatic rings. The summed E-state index contributed by atoms with van der Waals surface area (Å²) in [5.41, 5.74) is 5.62. The van der Waals surface area contributed by atoms with Crippen LogP contribution in [0.1, 0.15) is 28.1 Å². The molecule has 1 aromatic carbocycles. The largest absolute Gasteiger partial charge is 0.491 e. The zero-order valence-corrected chi connectivity index (χ0v) is 20.0. The van der Waals surface area contributed by atoms with Crippen molar-refractivity contribution in [2.24, 2.45) is 12.0 Å². The minimum absolute atomic E-state index is 0. The van der Waals surface area contributed by atoms with Crippen LogP contribution >= 0.6 is 24.0 Å². The van der Waals surface area contributed by atoms with Crippen LogP contribution in [0.4, 0.5) is 0 Å². The van der Waals surface area contributed by atoms with Crippen molar-refractivity contribution in [3.8, 4) is 5.75 Å². The highest BCUT2D eigenvalue weighted by Gasteiger charge is 2.10. The van der Waals surface area contributed by atoms with Crippen molar-refractivity contribution in [2.75, 3.05) is 27.4 Å². The summed E-state index contributed by atoms with van der Waals surface area (Å²) in [5.74, 6) is 1.61. The number of nitrogens with zero attached hydrogens (tertiary/aromatic N) is 3. The van der Waals surface area contributed by atoms with E-state index in [9.17, 15) is 0 Å². The number of methoxy groups -OCH3 is 1. The highest BCUT2D eigenvalue weighted by Crippen LogP contribution is 2.20. The molecule has 0 saturated heterocycles. The molecule has 0 unspecified atom stereocenters. The maximum atomic E-state index is 5.85. The molecule has 1 heterocycles. The number of hydrogen-bond acceptors (Lipinski definition) is 4. The second-order valence-corrected chi connectivity index (χ2v) is 6.50. The van der Waals surface area contributed by atoms with Gasteiger partial charge in [-0.3, -0.25) is 9.67 Å². The van der Waals surface area contributed by atoms with Gasteiger partial charge in [0.1, 0.15) is 12.4 Å². The molecule has 0 aliphatic rings. The molecule has 0 aliphatic carbocycles. The molecule has 0 spiro atoms. The molecule has 8 heteroatoms. The molecule has 28 heavy (non-hydrogen) atoms. The van der Waals surface area contributed by atoms with E-state index < -0.39 is 0 Å². The Morgan fingerprint density at radius 1 is 1.14 bits per heavy atom. The summed E-state index contributed by atoms with van der Waals surface area (Å²) in [6.07, 6.45) is 0. The summed E-state index contributed by atoms with van der Waals surface area (Å²) in [6, 6.07) is 6.21. The quantitative estimate of drug-likeness (QED) is 0.252. The molecule has 0 amide bonds. The minimum atomic E-state index is 0. The summed E-state index contributed by atoms with van der Waals surface area (Å²) in [7, 11) is 5.40. The molecule has 156 valence electrons. The van der Waals surface area contributed by atoms with Gasteiger partial charge in [-0.05, 0) is 32.4 Å². The smallest absolute Gasteiger partial charge is 0.191 e. The molecule has 0 aliphatic heterocycles. The van der Waals surface area contributed by atoms with E-state index in [1.807, 2.05) is 24.7 Å². The number of nitrogens with one attached hydrogen (secondary N) is 2. The number of guanidine groups is 1. The minimum Gasteiger partial charge on any atom is -0.491 e. The zero-order chi connectivity index (χ0) is 19.8. The second kappa shape index (κ2) is 11.9. The van der Waals surface area contributed by atoms with Crippen LogP contribution in [0.25, 0.3) is 0 Å². The van der Waals surface area contributed by atoms with Gasteiger partial charge in [0.15, 0.2) is 5.96 Å². The van der Waals surface area contributed by atoms with E-state index in [1.165, 1.54) is 5.56 Å². The first-order chi connectivity index (χ1) is 13.0. The van der Waals surface area contributed by atoms with E-state index in [2.05, 4.69) is 46.7 Å². The van der Waals surface area contributed by atoms with Crippen LogP contribution in [0.3, 0.4) is 0 Å². The van der Waals surface area contributed by atoms with E-state index in [1.54, 1.807) is 14.2 Å². The van der Waals surface area contributed by atoms with Gasteiger partial charge in [0.2, 0.25) is 0 Å². The van der Waals surface area contributed by atoms with Gasteiger partial charge in [0.05, 0.1) is 12.3 Å². The first kappa shape index (κ1) is 24.2. The lowest BCUT2D eigenvalue weighted by Gasteiger charge is -2.15. The number of aliphatic imine (C=N–C) groups is 1. The fourth-order valence-corrected chi connectivity index (χ4v) is 2.82. The van der Waals surface area contributed by atoms with Crippen LogP contribution in [0.5, 0.6) is 5.75 Å². The molecule has 1 aromatic heterocycles. The topological polar surface area (TPSA) is 72.7 Å². The number of benzene rings is 1. The van der Waals surface area contributed by atoms with E-state index >= 15 is 0 Å². The van der Waals surface area contributed by atoms with Crippen molar-refractivity contribution in [3.63, 3.8) is 0 Å². The Balaban J connectivity index is 0.00000392. The van der Waals surface area contributed by atoms with E-state index in [4.69, 9.17) is 9.47 Å². The summed E-state index contributed by atoms with van der Waals surface area (Å²) < 4.78 is 12.8. The predicted molar refractivity (Wildman–Crippen MR) is 124 cm³/mol. The Bertz CT molecular complexity index is 789. The van der Waals surface area contributed by atoms with Crippen LogP contribution < -0.4 is 15.4 Å². The van der Waals surface area contributed by atoms with Crippen LogP contribution in [-0.2, 0) is 24.9 Å². The van der Waals surface area contributed by atoms with E-state index in [0.717, 1.165) is 34.2 Å². The fourth-order valence-electron chi connectivity index (χ4n) is 2.82. The third-order valence-electron chi connectivity index (χ3n) is 4.53. The monoisotopic (exact) mass is 501 g/mol. The molecule has 2 rings (SSSR count). The Hall–Kier alpha value is -1.81. The van der Waals surface area contributed by atoms with Gasteiger partial charge in [-0.25, -0.2) is 0 Å². The standard InChI is InChI=1S/C20H31N5O2.HI/c1-14-7-8-17(19(11-14)27-10-9-26-6)12-22-20(21-4)23-13-18-15(2)24-25(5)16(18)3;/h7-8,11H,9-10,12-13H2,1-6H3,(H2,21,22,23);1H. The Labute approximate surface area is 184 Å². The van der Waals surface area contributed by atoms with Gasteiger partial charge in [-0.2, -0.15) is 5.10 Å². The van der Waals surface area contributed by atoms with Gasteiger partial charge in [-0.15, -0.1) is 24.0 Å². The molecule has 2 N–H and O–H groups in total. The summed E-state index contributed by atoms with van der Waals surface area (Å²) in [6.45, 7) is 8.54. The number of ether oxygens (including phenoxy) is 2. The number of aromatic nitrogens is 2. The molecule has 0 fully saturated rings. The third-order valence-corrected chi connectivity index (χ3v) is 4.53. The first-order valence-electron chi connectivity index (χ1n) is 9.11. The van der Waals surface area contributed by atoms with Gasteiger partial charge < -0.3 is 20.1 Å². The predicted octanol–water partition coefficient (Wildman–Crippen LogP) is 2.85. The summed E-state index contributed by atoms with van der Waals surface area (Å²) in [4.78, 5) is 4.31. The second-order valence-electron chi connectivity index (χ2n) is 6.50. The van der Waals surface area contributed by atoms with Crippen LogP contribution in [0.15, 0.2) is 23.2 Å². The van der Waals surface area contributed by atoms with Gasteiger partial charge in [0, 0.05) is 51.1 Å². The van der Waals surface area contributed by atoms with Crippen molar-refractivity contribution < 1.29 is 9.47 Å². The summed E-state index contributed by atoms with van der Waals surface area (Å²) >= 11 is 0.